The van der Waals surface area contributed by atoms with E-state index < -0.39 is 5.92 Å². The van der Waals surface area contributed by atoms with E-state index in [4.69, 9.17) is 10.5 Å². The Morgan fingerprint density at radius 2 is 2.24 bits per heavy atom. The average Bonchev–Trinajstić information content (AvgIpc) is 3.10. The molecular formula is C22H25N5O2. The van der Waals surface area contributed by atoms with E-state index in [1.165, 1.54) is 0 Å². The fourth-order valence-electron chi connectivity index (χ4n) is 4.31. The van der Waals surface area contributed by atoms with Gasteiger partial charge in [0.15, 0.2) is 5.78 Å². The lowest BCUT2D eigenvalue weighted by Gasteiger charge is -2.38. The molecule has 0 aromatic carbocycles. The molecule has 1 unspecified atom stereocenters. The molecule has 1 aliphatic heterocycles. The van der Waals surface area contributed by atoms with Gasteiger partial charge in [-0.3, -0.25) is 4.79 Å². The zero-order valence-electron chi connectivity index (χ0n) is 16.7. The van der Waals surface area contributed by atoms with Crippen LogP contribution in [-0.4, -0.2) is 34.9 Å². The van der Waals surface area contributed by atoms with Crippen LogP contribution >= 0.6 is 0 Å². The number of carbonyl (C=O) groups excluding carboxylic acids is 1. The lowest BCUT2D eigenvalue weighted by Crippen LogP contribution is -2.38. The highest BCUT2D eigenvalue weighted by Crippen LogP contribution is 2.46. The highest BCUT2D eigenvalue weighted by molar-refractivity contribution is 6.00. The largest absolute Gasteiger partial charge is 0.374 e. The summed E-state index contributed by atoms with van der Waals surface area (Å²) in [6.45, 7) is 5.23. The molecule has 29 heavy (non-hydrogen) atoms. The van der Waals surface area contributed by atoms with Crippen molar-refractivity contribution in [3.63, 3.8) is 0 Å². The number of nitrogens with two attached hydrogens (primary N) is 1. The van der Waals surface area contributed by atoms with Crippen molar-refractivity contribution in [2.75, 3.05) is 19.8 Å². The van der Waals surface area contributed by atoms with Gasteiger partial charge in [-0.1, -0.05) is 19.9 Å². The predicted octanol–water partition coefficient (Wildman–Crippen LogP) is 2.42. The minimum atomic E-state index is -0.497. The van der Waals surface area contributed by atoms with Gasteiger partial charge in [0.05, 0.1) is 54.0 Å². The van der Waals surface area contributed by atoms with Crippen molar-refractivity contribution in [3.8, 4) is 6.07 Å². The van der Waals surface area contributed by atoms with Crippen LogP contribution in [0.5, 0.6) is 0 Å². The van der Waals surface area contributed by atoms with E-state index in [9.17, 15) is 10.1 Å². The number of Topliss-reactive ketones (excluding diaryl/α,β-unsaturated/α-hetero) is 1. The number of hydrogen-bond donors (Lipinski definition) is 2. The van der Waals surface area contributed by atoms with Gasteiger partial charge in [-0.05, 0) is 24.0 Å². The van der Waals surface area contributed by atoms with Gasteiger partial charge in [0.1, 0.15) is 0 Å². The summed E-state index contributed by atoms with van der Waals surface area (Å²) in [6, 6.07) is 8.15. The molecule has 0 amide bonds. The minimum absolute atomic E-state index is 0.0699. The van der Waals surface area contributed by atoms with Gasteiger partial charge in [0.25, 0.3) is 0 Å². The summed E-state index contributed by atoms with van der Waals surface area (Å²) in [5.41, 5.74) is 9.72. The van der Waals surface area contributed by atoms with E-state index in [0.29, 0.717) is 36.4 Å². The van der Waals surface area contributed by atoms with Gasteiger partial charge in [-0.15, -0.1) is 0 Å². The molecule has 2 aromatic heterocycles. The maximum Gasteiger partial charge on any atom is 0.162 e. The fraction of sp³-hybridized carbons (Fsp3) is 0.409. The number of imidazole rings is 1. The first-order valence-electron chi connectivity index (χ1n) is 9.81. The van der Waals surface area contributed by atoms with E-state index in [1.54, 1.807) is 6.33 Å². The summed E-state index contributed by atoms with van der Waals surface area (Å²) in [5, 5.41) is 13.4. The molecule has 1 aliphatic carbocycles. The summed E-state index contributed by atoms with van der Waals surface area (Å²) in [5.74, 6) is -0.427. The third-order valence-electron chi connectivity index (χ3n) is 5.50. The Balaban J connectivity index is 1.88. The number of nitrogens with one attached hydrogen (secondary N) is 1. The standard InChI is InChI=1S/C22H25N5O2/c1-22(2)9-15-20(18(28)10-22)19(14(11-24)16(26-15)12-29-8-6-23)21-17-5-3-4-7-27(17)13-25-21/h3-5,7,13,19,26H,6,8-10,12,23H2,1-2H3. The van der Waals surface area contributed by atoms with Crippen LogP contribution in [0.4, 0.5) is 0 Å². The normalized spacial score (nSPS) is 21.2. The van der Waals surface area contributed by atoms with Crippen molar-refractivity contribution in [1.82, 2.24) is 14.7 Å². The second kappa shape index (κ2) is 7.47. The highest BCUT2D eigenvalue weighted by Gasteiger charge is 2.43. The molecule has 1 atom stereocenters. The van der Waals surface area contributed by atoms with E-state index in [-0.39, 0.29) is 17.8 Å². The van der Waals surface area contributed by atoms with Crippen LogP contribution < -0.4 is 11.1 Å². The Kier molecular flexibility index (Phi) is 4.99. The second-order valence-corrected chi connectivity index (χ2v) is 8.36. The van der Waals surface area contributed by atoms with Gasteiger partial charge in [-0.2, -0.15) is 5.26 Å². The van der Waals surface area contributed by atoms with Crippen molar-refractivity contribution >= 4 is 11.3 Å². The number of dihydropyridines is 1. The summed E-state index contributed by atoms with van der Waals surface area (Å²) in [6.07, 6.45) is 4.82. The SMILES string of the molecule is CC1(C)CC(=O)C2=C(C1)NC(COCCN)=C(C#N)C2c1ncn2ccccc12. The van der Waals surface area contributed by atoms with Gasteiger partial charge < -0.3 is 20.2 Å². The number of aromatic nitrogens is 2. The molecule has 3 N–H and O–H groups in total. The molecule has 0 bridgehead atoms. The van der Waals surface area contributed by atoms with Gasteiger partial charge >= 0.3 is 0 Å². The van der Waals surface area contributed by atoms with Crippen LogP contribution in [0.15, 0.2) is 53.3 Å². The molecule has 4 rings (SSSR count). The molecule has 3 heterocycles. The maximum absolute atomic E-state index is 13.2. The van der Waals surface area contributed by atoms with Crippen molar-refractivity contribution < 1.29 is 9.53 Å². The summed E-state index contributed by atoms with van der Waals surface area (Å²) in [7, 11) is 0. The number of ether oxygens (including phenoxy) is 1. The average molecular weight is 391 g/mol. The van der Waals surface area contributed by atoms with Crippen LogP contribution in [-0.2, 0) is 9.53 Å². The van der Waals surface area contributed by atoms with E-state index >= 15 is 0 Å². The number of nitrogens with zero attached hydrogens (tertiary/aromatic N) is 3. The van der Waals surface area contributed by atoms with Crippen molar-refractivity contribution in [3.05, 3.63) is 59.0 Å². The Bertz CT molecular complexity index is 1070. The van der Waals surface area contributed by atoms with Crippen LogP contribution in [0.25, 0.3) is 5.52 Å². The van der Waals surface area contributed by atoms with Crippen LogP contribution in [0, 0.1) is 16.7 Å². The summed E-state index contributed by atoms with van der Waals surface area (Å²) < 4.78 is 7.55. The molecule has 0 saturated heterocycles. The quantitative estimate of drug-likeness (QED) is 0.759. The second-order valence-electron chi connectivity index (χ2n) is 8.36. The van der Waals surface area contributed by atoms with E-state index in [2.05, 4.69) is 30.2 Å². The molecule has 0 fully saturated rings. The van der Waals surface area contributed by atoms with Gasteiger partial charge in [-0.25, -0.2) is 4.98 Å². The number of nitriles is 1. The van der Waals surface area contributed by atoms with Crippen molar-refractivity contribution in [2.45, 2.75) is 32.6 Å². The van der Waals surface area contributed by atoms with Crippen molar-refractivity contribution in [1.29, 1.82) is 5.26 Å². The Labute approximate surface area is 169 Å². The zero-order valence-corrected chi connectivity index (χ0v) is 16.7. The highest BCUT2D eigenvalue weighted by atomic mass is 16.5. The number of hydrogen-bond acceptors (Lipinski definition) is 6. The Morgan fingerprint density at radius 1 is 1.41 bits per heavy atom. The lowest BCUT2D eigenvalue weighted by atomic mass is 9.69. The third kappa shape index (κ3) is 3.46. The molecule has 7 heteroatoms. The molecule has 0 saturated carbocycles. The predicted molar refractivity (Wildman–Crippen MR) is 109 cm³/mol. The Hall–Kier alpha value is -2.95. The van der Waals surface area contributed by atoms with Crippen molar-refractivity contribution in [2.24, 2.45) is 11.1 Å². The molecule has 2 aromatic rings. The molecule has 150 valence electrons. The van der Waals surface area contributed by atoms with Crippen LogP contribution in [0.1, 0.15) is 38.3 Å². The lowest BCUT2D eigenvalue weighted by molar-refractivity contribution is -0.118. The summed E-state index contributed by atoms with van der Waals surface area (Å²) >= 11 is 0. The number of pyridine rings is 1. The first-order valence-corrected chi connectivity index (χ1v) is 9.81. The van der Waals surface area contributed by atoms with E-state index in [0.717, 1.165) is 23.3 Å². The van der Waals surface area contributed by atoms with E-state index in [1.807, 2.05) is 28.8 Å². The number of allylic oxidation sites excluding steroid dienone is 3. The first kappa shape index (κ1) is 19.4. The van der Waals surface area contributed by atoms with Crippen LogP contribution in [0.3, 0.4) is 0 Å². The number of rotatable bonds is 5. The molecule has 0 radical (unpaired) electrons. The first-order chi connectivity index (χ1) is 13.9. The van der Waals surface area contributed by atoms with Crippen LogP contribution in [0.2, 0.25) is 0 Å². The van der Waals surface area contributed by atoms with Gasteiger partial charge in [0, 0.05) is 30.4 Å². The molecule has 0 spiro atoms. The summed E-state index contributed by atoms with van der Waals surface area (Å²) in [4.78, 5) is 17.8. The number of carbonyl (C=O) groups is 1. The molecule has 7 nitrogen and oxygen atoms in total. The molecular weight excluding hydrogens is 366 g/mol. The third-order valence-corrected chi connectivity index (χ3v) is 5.50. The minimum Gasteiger partial charge on any atom is -0.374 e. The number of fused-ring (bicyclic) bond motifs is 1. The topological polar surface area (TPSA) is 105 Å². The zero-order chi connectivity index (χ0) is 20.6. The maximum atomic E-state index is 13.2. The monoisotopic (exact) mass is 391 g/mol. The fourth-order valence-corrected chi connectivity index (χ4v) is 4.31. The molecule has 2 aliphatic rings. The Morgan fingerprint density at radius 3 is 3.00 bits per heavy atom. The smallest absolute Gasteiger partial charge is 0.162 e. The number of ketones is 1. The van der Waals surface area contributed by atoms with Gasteiger partial charge in [0.2, 0.25) is 0 Å².